The topological polar surface area (TPSA) is 94.5 Å². The van der Waals surface area contributed by atoms with Crippen molar-refractivity contribution in [3.8, 4) is 11.5 Å². The molecule has 1 amide bonds. The zero-order valence-corrected chi connectivity index (χ0v) is 23.7. The Morgan fingerprint density at radius 1 is 0.927 bits per heavy atom. The van der Waals surface area contributed by atoms with Crippen molar-refractivity contribution in [3.05, 3.63) is 94.8 Å². The van der Waals surface area contributed by atoms with E-state index < -0.39 is 18.2 Å². The van der Waals surface area contributed by atoms with Crippen LogP contribution in [0.4, 0.5) is 9.18 Å². The van der Waals surface area contributed by atoms with E-state index in [1.54, 1.807) is 72.5 Å². The van der Waals surface area contributed by atoms with Gasteiger partial charge in [-0.25, -0.2) is 14.0 Å². The molecule has 3 aromatic carbocycles. The first-order valence-corrected chi connectivity index (χ1v) is 13.8. The zero-order valence-electron chi connectivity index (χ0n) is 23.0. The number of hydrogen-bond donors (Lipinski definition) is 1. The fourth-order valence-electron chi connectivity index (χ4n) is 3.89. The van der Waals surface area contributed by atoms with Crippen LogP contribution in [0.15, 0.2) is 72.8 Å². The van der Waals surface area contributed by atoms with Gasteiger partial charge in [-0.05, 0) is 67.3 Å². The minimum absolute atomic E-state index is 0.217. The number of rotatable bonds is 17. The first-order valence-electron chi connectivity index (χ1n) is 13.4. The van der Waals surface area contributed by atoms with E-state index in [0.29, 0.717) is 50.0 Å². The molecule has 0 saturated carbocycles. The van der Waals surface area contributed by atoms with Crippen LogP contribution in [0, 0.1) is 5.82 Å². The summed E-state index contributed by atoms with van der Waals surface area (Å²) in [6.07, 6.45) is 0.176. The number of carbonyl (C=O) groups excluding carboxylic acids is 1. The van der Waals surface area contributed by atoms with Gasteiger partial charge in [0.1, 0.15) is 18.2 Å². The maximum absolute atomic E-state index is 13.0. The number of unbranched alkanes of at least 4 members (excludes halogenated alkanes) is 1. The van der Waals surface area contributed by atoms with E-state index in [-0.39, 0.29) is 31.1 Å². The number of benzene rings is 3. The molecule has 41 heavy (non-hydrogen) atoms. The molecule has 1 unspecified atom stereocenters. The first-order chi connectivity index (χ1) is 19.9. The fraction of sp³-hybridized carbons (Fsp3) is 0.355. The SMILES string of the molecule is CCOC(Cc1ccc(OCCN(CCCCOCc2ccc(F)cc2)C(=O)Oc2ccccc2Cl)cc1)C(=O)O. The van der Waals surface area contributed by atoms with Gasteiger partial charge in [0, 0.05) is 26.2 Å². The van der Waals surface area contributed by atoms with Gasteiger partial charge in [-0.2, -0.15) is 0 Å². The Balaban J connectivity index is 1.49. The van der Waals surface area contributed by atoms with Crippen molar-refractivity contribution in [1.29, 1.82) is 0 Å². The van der Waals surface area contributed by atoms with Crippen LogP contribution in [0.1, 0.15) is 30.9 Å². The molecule has 0 fully saturated rings. The number of ether oxygens (including phenoxy) is 4. The summed E-state index contributed by atoms with van der Waals surface area (Å²) in [4.78, 5) is 25.8. The molecule has 0 radical (unpaired) electrons. The number of amides is 1. The highest BCUT2D eigenvalue weighted by Gasteiger charge is 2.19. The molecule has 0 bridgehead atoms. The largest absolute Gasteiger partial charge is 0.492 e. The minimum Gasteiger partial charge on any atom is -0.492 e. The Hall–Kier alpha value is -3.66. The molecule has 8 nitrogen and oxygen atoms in total. The van der Waals surface area contributed by atoms with Gasteiger partial charge in [-0.15, -0.1) is 0 Å². The Kier molecular flexibility index (Phi) is 13.4. The first kappa shape index (κ1) is 31.9. The number of para-hydroxylation sites is 1. The third-order valence-electron chi connectivity index (χ3n) is 6.06. The van der Waals surface area contributed by atoms with E-state index in [1.165, 1.54) is 12.1 Å². The van der Waals surface area contributed by atoms with Gasteiger partial charge in [0.2, 0.25) is 0 Å². The standard InChI is InChI=1S/C31H35ClFNO7/c1-2-39-29(30(35)36)21-23-11-15-26(16-12-23)40-20-18-34(31(37)41-28-8-4-3-7-27(28)32)17-5-6-19-38-22-24-9-13-25(33)14-10-24/h3-4,7-16,29H,2,5-6,17-22H2,1H3,(H,35,36). The number of aliphatic carboxylic acids is 1. The van der Waals surface area contributed by atoms with E-state index >= 15 is 0 Å². The molecule has 3 rings (SSSR count). The number of halogens is 2. The number of carbonyl (C=O) groups is 2. The van der Waals surface area contributed by atoms with Crippen LogP contribution < -0.4 is 9.47 Å². The summed E-state index contributed by atoms with van der Waals surface area (Å²) >= 11 is 6.16. The van der Waals surface area contributed by atoms with E-state index in [4.69, 9.17) is 30.5 Å². The highest BCUT2D eigenvalue weighted by Crippen LogP contribution is 2.24. The molecule has 220 valence electrons. The zero-order chi connectivity index (χ0) is 29.5. The molecular weight excluding hydrogens is 553 g/mol. The molecule has 3 aromatic rings. The van der Waals surface area contributed by atoms with Crippen molar-refractivity contribution in [1.82, 2.24) is 4.90 Å². The average molecular weight is 588 g/mol. The van der Waals surface area contributed by atoms with Crippen LogP contribution >= 0.6 is 11.6 Å². The van der Waals surface area contributed by atoms with Crippen molar-refractivity contribution in [3.63, 3.8) is 0 Å². The lowest BCUT2D eigenvalue weighted by molar-refractivity contribution is -0.149. The average Bonchev–Trinajstić information content (AvgIpc) is 2.96. The maximum Gasteiger partial charge on any atom is 0.415 e. The number of nitrogens with zero attached hydrogens (tertiary/aromatic N) is 1. The van der Waals surface area contributed by atoms with Gasteiger partial charge in [-0.1, -0.05) is 48.0 Å². The van der Waals surface area contributed by atoms with Crippen LogP contribution in [-0.4, -0.2) is 61.1 Å². The summed E-state index contributed by atoms with van der Waals surface area (Å²) in [6.45, 7) is 3.84. The smallest absolute Gasteiger partial charge is 0.415 e. The summed E-state index contributed by atoms with van der Waals surface area (Å²) in [5.74, 6) is -0.430. The molecule has 0 aromatic heterocycles. The van der Waals surface area contributed by atoms with Crippen LogP contribution in [-0.2, 0) is 27.3 Å². The Morgan fingerprint density at radius 2 is 1.63 bits per heavy atom. The van der Waals surface area contributed by atoms with Crippen molar-refractivity contribution >= 4 is 23.7 Å². The monoisotopic (exact) mass is 587 g/mol. The summed E-state index contributed by atoms with van der Waals surface area (Å²) in [5, 5.41) is 9.62. The van der Waals surface area contributed by atoms with Gasteiger partial charge in [0.15, 0.2) is 11.9 Å². The van der Waals surface area contributed by atoms with Crippen LogP contribution in [0.2, 0.25) is 5.02 Å². The normalized spacial score (nSPS) is 11.6. The predicted molar refractivity (Wildman–Crippen MR) is 153 cm³/mol. The molecule has 10 heteroatoms. The lowest BCUT2D eigenvalue weighted by Crippen LogP contribution is -2.37. The summed E-state index contributed by atoms with van der Waals surface area (Å²) in [6, 6.07) is 20.0. The van der Waals surface area contributed by atoms with E-state index in [0.717, 1.165) is 11.1 Å². The van der Waals surface area contributed by atoms with E-state index in [2.05, 4.69) is 0 Å². The highest BCUT2D eigenvalue weighted by molar-refractivity contribution is 6.32. The lowest BCUT2D eigenvalue weighted by Gasteiger charge is -2.22. The molecule has 0 saturated heterocycles. The van der Waals surface area contributed by atoms with Gasteiger partial charge in [0.05, 0.1) is 18.2 Å². The Labute approximate surface area is 244 Å². The minimum atomic E-state index is -1.00. The molecule has 1 N–H and O–H groups in total. The van der Waals surface area contributed by atoms with Crippen molar-refractivity contribution in [2.24, 2.45) is 0 Å². The van der Waals surface area contributed by atoms with Gasteiger partial charge in [-0.3, -0.25) is 0 Å². The number of carboxylic acid groups (broad SMARTS) is 1. The number of carboxylic acids is 1. The Bertz CT molecular complexity index is 1220. The van der Waals surface area contributed by atoms with E-state index in [1.807, 2.05) is 0 Å². The molecular formula is C31H35ClFNO7. The molecule has 0 aliphatic rings. The third-order valence-corrected chi connectivity index (χ3v) is 6.37. The quantitative estimate of drug-likeness (QED) is 0.183. The second-order valence-corrected chi connectivity index (χ2v) is 9.56. The van der Waals surface area contributed by atoms with Gasteiger partial charge < -0.3 is 29.0 Å². The molecule has 0 spiro atoms. The molecule has 0 aliphatic heterocycles. The van der Waals surface area contributed by atoms with Gasteiger partial charge >= 0.3 is 12.1 Å². The lowest BCUT2D eigenvalue weighted by atomic mass is 10.1. The van der Waals surface area contributed by atoms with Crippen molar-refractivity contribution < 1.29 is 38.0 Å². The second kappa shape index (κ2) is 17.2. The molecule has 1 atom stereocenters. The maximum atomic E-state index is 13.0. The molecule has 0 aliphatic carbocycles. The summed E-state index contributed by atoms with van der Waals surface area (Å²) in [5.41, 5.74) is 1.70. The third kappa shape index (κ3) is 11.4. The summed E-state index contributed by atoms with van der Waals surface area (Å²) in [7, 11) is 0. The molecule has 0 heterocycles. The van der Waals surface area contributed by atoms with Crippen molar-refractivity contribution in [2.75, 3.05) is 32.9 Å². The predicted octanol–water partition coefficient (Wildman–Crippen LogP) is 6.39. The van der Waals surface area contributed by atoms with Crippen LogP contribution in [0.25, 0.3) is 0 Å². The Morgan fingerprint density at radius 3 is 2.32 bits per heavy atom. The van der Waals surface area contributed by atoms with E-state index in [9.17, 15) is 19.1 Å². The highest BCUT2D eigenvalue weighted by atomic mass is 35.5. The van der Waals surface area contributed by atoms with Crippen molar-refractivity contribution in [2.45, 2.75) is 38.9 Å². The fourth-order valence-corrected chi connectivity index (χ4v) is 4.06. The summed E-state index contributed by atoms with van der Waals surface area (Å²) < 4.78 is 35.4. The van der Waals surface area contributed by atoms with Crippen LogP contribution in [0.5, 0.6) is 11.5 Å². The van der Waals surface area contributed by atoms with Crippen LogP contribution in [0.3, 0.4) is 0 Å². The van der Waals surface area contributed by atoms with Gasteiger partial charge in [0.25, 0.3) is 0 Å². The number of hydrogen-bond acceptors (Lipinski definition) is 6. The second-order valence-electron chi connectivity index (χ2n) is 9.15.